The van der Waals surface area contributed by atoms with E-state index in [2.05, 4.69) is 10.6 Å². The van der Waals surface area contributed by atoms with Gasteiger partial charge in [-0.25, -0.2) is 12.8 Å². The van der Waals surface area contributed by atoms with E-state index in [1.807, 2.05) is 30.3 Å². The Kier molecular flexibility index (Phi) is 8.68. The Hall–Kier alpha value is -4.90. The molecule has 1 heterocycles. The molecule has 0 bridgehead atoms. The zero-order valence-corrected chi connectivity index (χ0v) is 23.3. The molecule has 0 saturated heterocycles. The number of para-hydroxylation sites is 1. The molecule has 5 rings (SSSR count). The van der Waals surface area contributed by atoms with Crippen LogP contribution in [0.1, 0.15) is 15.9 Å². The fourth-order valence-electron chi connectivity index (χ4n) is 4.40. The van der Waals surface area contributed by atoms with Crippen LogP contribution in [0.5, 0.6) is 11.5 Å². The number of amides is 2. The van der Waals surface area contributed by atoms with E-state index < -0.39 is 28.3 Å². The number of ether oxygens (including phenoxy) is 2. The summed E-state index contributed by atoms with van der Waals surface area (Å²) in [5.74, 6) is -0.985. The van der Waals surface area contributed by atoms with Gasteiger partial charge in [-0.3, -0.25) is 13.9 Å². The Morgan fingerprint density at radius 2 is 1.52 bits per heavy atom. The van der Waals surface area contributed by atoms with E-state index >= 15 is 0 Å². The molecule has 1 aliphatic heterocycles. The Morgan fingerprint density at radius 1 is 0.833 bits per heavy atom. The number of fused-ring (bicyclic) bond motifs is 1. The van der Waals surface area contributed by atoms with Gasteiger partial charge in [0.25, 0.3) is 15.9 Å². The van der Waals surface area contributed by atoms with Crippen molar-refractivity contribution < 1.29 is 31.9 Å². The lowest BCUT2D eigenvalue weighted by molar-refractivity contribution is -0.114. The standard InChI is InChI=1S/C31H28FN3O6S/c32-23-10-12-24(13-11-23)35(42(38,39)25-14-15-28-29(20-25)41-19-18-40-28)21-30(36)34-27-9-5-4-8-26(27)31(37)33-17-16-22-6-2-1-3-7-22/h1-15,20H,16-19,21H2,(H,33,37)(H,34,36). The van der Waals surface area contributed by atoms with Crippen molar-refractivity contribution in [1.82, 2.24) is 5.32 Å². The highest BCUT2D eigenvalue weighted by Crippen LogP contribution is 2.34. The molecule has 0 atom stereocenters. The lowest BCUT2D eigenvalue weighted by Crippen LogP contribution is -2.38. The third-order valence-electron chi connectivity index (χ3n) is 6.49. The number of nitrogens with one attached hydrogen (secondary N) is 2. The SMILES string of the molecule is O=C(CN(c1ccc(F)cc1)S(=O)(=O)c1ccc2c(c1)OCCO2)Nc1ccccc1C(=O)NCCc1ccccc1. The van der Waals surface area contributed by atoms with Crippen molar-refractivity contribution in [2.24, 2.45) is 0 Å². The van der Waals surface area contributed by atoms with Crippen molar-refractivity contribution in [2.45, 2.75) is 11.3 Å². The smallest absolute Gasteiger partial charge is 0.264 e. The van der Waals surface area contributed by atoms with E-state index in [1.165, 1.54) is 30.3 Å². The van der Waals surface area contributed by atoms with E-state index in [0.29, 0.717) is 25.3 Å². The molecular weight excluding hydrogens is 561 g/mol. The molecule has 2 amide bonds. The topological polar surface area (TPSA) is 114 Å². The van der Waals surface area contributed by atoms with Crippen molar-refractivity contribution >= 4 is 33.2 Å². The minimum atomic E-state index is -4.32. The van der Waals surface area contributed by atoms with Gasteiger partial charge in [0.2, 0.25) is 5.91 Å². The average molecular weight is 590 g/mol. The molecule has 9 nitrogen and oxygen atoms in total. The first-order valence-electron chi connectivity index (χ1n) is 13.2. The van der Waals surface area contributed by atoms with Crippen molar-refractivity contribution in [1.29, 1.82) is 0 Å². The molecule has 4 aromatic rings. The van der Waals surface area contributed by atoms with Crippen LogP contribution in [0.15, 0.2) is 102 Å². The van der Waals surface area contributed by atoms with Gasteiger partial charge in [-0.15, -0.1) is 0 Å². The Balaban J connectivity index is 1.35. The van der Waals surface area contributed by atoms with Gasteiger partial charge in [0.15, 0.2) is 11.5 Å². The molecule has 11 heteroatoms. The van der Waals surface area contributed by atoms with Crippen molar-refractivity contribution in [2.75, 3.05) is 35.9 Å². The predicted molar refractivity (Wildman–Crippen MR) is 156 cm³/mol. The van der Waals surface area contributed by atoms with Gasteiger partial charge < -0.3 is 20.1 Å². The van der Waals surface area contributed by atoms with Gasteiger partial charge in [0.1, 0.15) is 25.6 Å². The number of sulfonamides is 1. The van der Waals surface area contributed by atoms with Crippen LogP contribution in [0.2, 0.25) is 0 Å². The van der Waals surface area contributed by atoms with Crippen molar-refractivity contribution in [3.8, 4) is 11.5 Å². The first kappa shape index (κ1) is 28.6. The number of hydrogen-bond acceptors (Lipinski definition) is 6. The first-order chi connectivity index (χ1) is 20.3. The largest absolute Gasteiger partial charge is 0.486 e. The van der Waals surface area contributed by atoms with Crippen molar-refractivity contribution in [3.63, 3.8) is 0 Å². The van der Waals surface area contributed by atoms with Gasteiger partial charge in [-0.1, -0.05) is 42.5 Å². The number of hydrogen-bond donors (Lipinski definition) is 2. The normalized spacial score (nSPS) is 12.3. The van der Waals surface area contributed by atoms with Crippen LogP contribution in [0.3, 0.4) is 0 Å². The molecule has 4 aromatic carbocycles. The highest BCUT2D eigenvalue weighted by molar-refractivity contribution is 7.92. The first-order valence-corrected chi connectivity index (χ1v) is 14.6. The summed E-state index contributed by atoms with van der Waals surface area (Å²) in [4.78, 5) is 26.1. The molecule has 0 spiro atoms. The number of rotatable bonds is 10. The van der Waals surface area contributed by atoms with Gasteiger partial charge in [-0.05, 0) is 60.5 Å². The zero-order chi connectivity index (χ0) is 29.5. The monoisotopic (exact) mass is 589 g/mol. The summed E-state index contributed by atoms with van der Waals surface area (Å²) in [7, 11) is -4.32. The lowest BCUT2D eigenvalue weighted by Gasteiger charge is -2.25. The second-order valence-electron chi connectivity index (χ2n) is 9.38. The molecular formula is C31H28FN3O6S. The summed E-state index contributed by atoms with van der Waals surface area (Å²) in [5, 5.41) is 5.51. The molecule has 216 valence electrons. The minimum Gasteiger partial charge on any atom is -0.486 e. The number of halogens is 1. The van der Waals surface area contributed by atoms with Crippen LogP contribution in [-0.2, 0) is 21.2 Å². The zero-order valence-electron chi connectivity index (χ0n) is 22.5. The highest BCUT2D eigenvalue weighted by Gasteiger charge is 2.29. The summed E-state index contributed by atoms with van der Waals surface area (Å²) in [6.45, 7) is 0.344. The third-order valence-corrected chi connectivity index (χ3v) is 8.26. The van der Waals surface area contributed by atoms with Crippen LogP contribution in [0, 0.1) is 5.82 Å². The second kappa shape index (κ2) is 12.7. The maximum atomic E-state index is 13.8. The van der Waals surface area contributed by atoms with Crippen molar-refractivity contribution in [3.05, 3.63) is 114 Å². The Bertz CT molecular complexity index is 1680. The average Bonchev–Trinajstić information content (AvgIpc) is 3.01. The molecule has 0 fully saturated rings. The summed E-state index contributed by atoms with van der Waals surface area (Å²) >= 11 is 0. The molecule has 42 heavy (non-hydrogen) atoms. The van der Waals surface area contributed by atoms with E-state index in [-0.39, 0.29) is 40.1 Å². The van der Waals surface area contributed by atoms with Crippen LogP contribution in [-0.4, -0.2) is 46.5 Å². The number of nitrogens with zero attached hydrogens (tertiary/aromatic N) is 1. The maximum Gasteiger partial charge on any atom is 0.264 e. The van der Waals surface area contributed by atoms with Crippen LogP contribution < -0.4 is 24.4 Å². The van der Waals surface area contributed by atoms with E-state index in [0.717, 1.165) is 22.0 Å². The van der Waals surface area contributed by atoms with Crippen LogP contribution >= 0.6 is 0 Å². The summed E-state index contributed by atoms with van der Waals surface area (Å²) < 4.78 is 53.2. The molecule has 0 saturated carbocycles. The molecule has 2 N–H and O–H groups in total. The number of carbonyl (C=O) groups excluding carboxylic acids is 2. The molecule has 1 aliphatic rings. The van der Waals surface area contributed by atoms with Gasteiger partial charge in [0, 0.05) is 12.6 Å². The van der Waals surface area contributed by atoms with Crippen LogP contribution in [0.4, 0.5) is 15.8 Å². The number of anilines is 2. The van der Waals surface area contributed by atoms with Gasteiger partial charge in [0.05, 0.1) is 21.8 Å². The number of carbonyl (C=O) groups is 2. The van der Waals surface area contributed by atoms with Crippen LogP contribution in [0.25, 0.3) is 0 Å². The van der Waals surface area contributed by atoms with E-state index in [1.54, 1.807) is 24.3 Å². The molecule has 0 aliphatic carbocycles. The molecule has 0 radical (unpaired) electrons. The maximum absolute atomic E-state index is 13.8. The quantitative estimate of drug-likeness (QED) is 0.284. The molecule has 0 unspecified atom stereocenters. The van der Waals surface area contributed by atoms with Gasteiger partial charge >= 0.3 is 0 Å². The third kappa shape index (κ3) is 6.69. The Labute approximate surface area is 242 Å². The fraction of sp³-hybridized carbons (Fsp3) is 0.161. The second-order valence-corrected chi connectivity index (χ2v) is 11.2. The predicted octanol–water partition coefficient (Wildman–Crippen LogP) is 4.40. The number of benzene rings is 4. The Morgan fingerprint density at radius 3 is 2.29 bits per heavy atom. The van der Waals surface area contributed by atoms with E-state index in [9.17, 15) is 22.4 Å². The summed E-state index contributed by atoms with van der Waals surface area (Å²) in [5.41, 5.74) is 1.59. The fourth-order valence-corrected chi connectivity index (χ4v) is 5.84. The highest BCUT2D eigenvalue weighted by atomic mass is 32.2. The van der Waals surface area contributed by atoms with E-state index in [4.69, 9.17) is 9.47 Å². The summed E-state index contributed by atoms with van der Waals surface area (Å²) in [6.07, 6.45) is 0.630. The minimum absolute atomic E-state index is 0.0772. The van der Waals surface area contributed by atoms with Gasteiger partial charge in [-0.2, -0.15) is 0 Å². The lowest BCUT2D eigenvalue weighted by atomic mass is 10.1. The molecule has 0 aromatic heterocycles. The summed E-state index contributed by atoms with van der Waals surface area (Å²) in [6, 6.07) is 25.0.